The van der Waals surface area contributed by atoms with Crippen molar-refractivity contribution in [3.8, 4) is 5.75 Å². The maximum Gasteiger partial charge on any atom is 0.425 e. The summed E-state index contributed by atoms with van der Waals surface area (Å²) in [5, 5.41) is 5.72. The van der Waals surface area contributed by atoms with E-state index in [9.17, 15) is 27.6 Å². The van der Waals surface area contributed by atoms with Gasteiger partial charge in [-0.1, -0.05) is 43.3 Å². The van der Waals surface area contributed by atoms with E-state index in [1.807, 2.05) is 37.3 Å². The van der Waals surface area contributed by atoms with Gasteiger partial charge in [-0.05, 0) is 131 Å². The standard InChI is InChI=1S/C49H54FN5O9S/c1-29-22-42(56)52-33-16-21-41(65(60,61)35-17-18-35)32(23-33)27-54(8)45(57)43(31-14-20-40(37(29)24-31)62-28-30-12-10-9-11-13-30)53-34-15-19-36-38(25-34)39(50)26-51-44(36)55(46(58)63-48(2,3)4)47(59)64-49(5,6)7/h9-16,19-21,23-26,29,35,43,53H,17-18,22,27-28H2,1-8H3,(H,52,56)/t29-,43?/m1/s1. The molecule has 4 aromatic carbocycles. The van der Waals surface area contributed by atoms with E-state index in [1.165, 1.54) is 23.1 Å². The number of hydrogen-bond donors (Lipinski definition) is 2. The van der Waals surface area contributed by atoms with Crippen LogP contribution in [0.4, 0.5) is 31.2 Å². The summed E-state index contributed by atoms with van der Waals surface area (Å²) in [6, 6.07) is 22.8. The number of pyridine rings is 1. The molecule has 2 atom stereocenters. The van der Waals surface area contributed by atoms with Gasteiger partial charge in [0.2, 0.25) is 11.8 Å². The second-order valence-electron chi connectivity index (χ2n) is 18.5. The van der Waals surface area contributed by atoms with E-state index in [-0.39, 0.29) is 52.7 Å². The Hall–Kier alpha value is -6.55. The first-order valence-corrected chi connectivity index (χ1v) is 23.0. The van der Waals surface area contributed by atoms with Gasteiger partial charge in [-0.2, -0.15) is 4.90 Å². The van der Waals surface area contributed by atoms with Gasteiger partial charge in [0.1, 0.15) is 35.4 Å². The van der Waals surface area contributed by atoms with Crippen molar-refractivity contribution in [3.05, 3.63) is 119 Å². The predicted octanol–water partition coefficient (Wildman–Crippen LogP) is 9.82. The first-order valence-electron chi connectivity index (χ1n) is 21.4. The predicted molar refractivity (Wildman–Crippen MR) is 245 cm³/mol. The Bertz CT molecular complexity index is 2740. The average Bonchev–Trinajstić information content (AvgIpc) is 4.09. The van der Waals surface area contributed by atoms with Crippen LogP contribution in [0.15, 0.2) is 96.0 Å². The molecule has 1 aliphatic carbocycles. The van der Waals surface area contributed by atoms with Crippen molar-refractivity contribution in [2.24, 2.45) is 0 Å². The van der Waals surface area contributed by atoms with E-state index >= 15 is 4.39 Å². The summed E-state index contributed by atoms with van der Waals surface area (Å²) < 4.78 is 60.7. The number of imide groups is 1. The van der Waals surface area contributed by atoms with Crippen LogP contribution in [0.2, 0.25) is 0 Å². The summed E-state index contributed by atoms with van der Waals surface area (Å²) in [7, 11) is -2.16. The molecule has 5 aromatic rings. The SMILES string of the molecule is C[C@@H]1CC(=O)Nc2ccc(S(=O)(=O)C3CC3)c(c2)CN(C)C(=O)C(Nc2ccc3c(N(C(=O)OC(C)(C)C)C(=O)OC(C)(C)C)ncc(F)c3c2)c2ccc(OCc3ccccc3)c1c2. The van der Waals surface area contributed by atoms with Crippen molar-refractivity contribution in [2.45, 2.75) is 114 Å². The zero-order chi connectivity index (χ0) is 47.0. The van der Waals surface area contributed by atoms with Crippen LogP contribution in [0.1, 0.15) is 102 Å². The molecule has 4 bridgehead atoms. The number of carbonyl (C=O) groups excluding carboxylic acids is 4. The van der Waals surface area contributed by atoms with Crippen molar-refractivity contribution in [1.82, 2.24) is 9.88 Å². The highest BCUT2D eigenvalue weighted by molar-refractivity contribution is 7.92. The molecule has 342 valence electrons. The number of likely N-dealkylation sites (N-methyl/N-ethyl adjacent to an activating group) is 1. The molecule has 14 nitrogen and oxygen atoms in total. The van der Waals surface area contributed by atoms with E-state index < -0.39 is 62.2 Å². The molecule has 0 radical (unpaired) electrons. The number of anilines is 3. The fourth-order valence-electron chi connectivity index (χ4n) is 7.55. The second kappa shape index (κ2) is 18.1. The summed E-state index contributed by atoms with van der Waals surface area (Å²) in [4.78, 5) is 62.0. The number of sulfone groups is 1. The van der Waals surface area contributed by atoms with E-state index in [0.29, 0.717) is 45.9 Å². The van der Waals surface area contributed by atoms with E-state index in [4.69, 9.17) is 14.2 Å². The number of nitrogens with zero attached hydrogens (tertiary/aromatic N) is 3. The highest BCUT2D eigenvalue weighted by Gasteiger charge is 2.39. The maximum atomic E-state index is 15.9. The molecule has 4 amide bonds. The molecule has 1 fully saturated rings. The van der Waals surface area contributed by atoms with Gasteiger partial charge in [-0.15, -0.1) is 0 Å². The first-order chi connectivity index (χ1) is 30.6. The number of carbonyl (C=O) groups is 4. The third-order valence-electron chi connectivity index (χ3n) is 10.8. The van der Waals surface area contributed by atoms with E-state index in [1.54, 1.807) is 85.0 Å². The number of rotatable bonds is 8. The fourth-order valence-corrected chi connectivity index (χ4v) is 9.41. The van der Waals surface area contributed by atoms with Crippen LogP contribution in [-0.2, 0) is 42.1 Å². The summed E-state index contributed by atoms with van der Waals surface area (Å²) in [5.74, 6) is -1.70. The number of nitrogens with one attached hydrogen (secondary N) is 2. The molecule has 1 unspecified atom stereocenters. The van der Waals surface area contributed by atoms with Crippen LogP contribution in [0.5, 0.6) is 5.75 Å². The molecule has 0 spiro atoms. The number of fused-ring (bicyclic) bond motifs is 5. The van der Waals surface area contributed by atoms with Crippen molar-refractivity contribution < 1.29 is 46.2 Å². The molecule has 1 aromatic heterocycles. The van der Waals surface area contributed by atoms with Gasteiger partial charge in [0, 0.05) is 42.2 Å². The molecular weight excluding hydrogens is 854 g/mol. The largest absolute Gasteiger partial charge is 0.489 e. The Kier molecular flexibility index (Phi) is 13.0. The van der Waals surface area contributed by atoms with E-state index in [2.05, 4.69) is 15.6 Å². The average molecular weight is 908 g/mol. The van der Waals surface area contributed by atoms with Gasteiger partial charge in [0.25, 0.3) is 0 Å². The van der Waals surface area contributed by atoms with Crippen molar-refractivity contribution in [1.29, 1.82) is 0 Å². The summed E-state index contributed by atoms with van der Waals surface area (Å²) in [5.41, 5.74) is 1.04. The lowest BCUT2D eigenvalue weighted by molar-refractivity contribution is -0.131. The molecule has 1 saturated carbocycles. The zero-order valence-corrected chi connectivity index (χ0v) is 38.5. The van der Waals surface area contributed by atoms with Gasteiger partial charge >= 0.3 is 12.2 Å². The minimum absolute atomic E-state index is 0.0263. The fraction of sp³-hybridized carbons (Fsp3) is 0.367. The minimum atomic E-state index is -3.72. The zero-order valence-electron chi connectivity index (χ0n) is 37.7. The molecule has 2 aliphatic rings. The van der Waals surface area contributed by atoms with E-state index in [0.717, 1.165) is 11.8 Å². The van der Waals surface area contributed by atoms with Crippen LogP contribution in [0, 0.1) is 5.82 Å². The summed E-state index contributed by atoms with van der Waals surface area (Å²) in [6.45, 7) is 11.8. The number of halogens is 1. The van der Waals surface area contributed by atoms with Crippen LogP contribution < -0.4 is 20.3 Å². The quantitative estimate of drug-likeness (QED) is 0.152. The van der Waals surface area contributed by atoms with Gasteiger partial charge in [-0.3, -0.25) is 9.59 Å². The maximum absolute atomic E-state index is 15.9. The van der Waals surface area contributed by atoms with Crippen LogP contribution in [0.25, 0.3) is 10.8 Å². The Morgan fingerprint density at radius 2 is 1.57 bits per heavy atom. The van der Waals surface area contributed by atoms with Crippen molar-refractivity contribution >= 4 is 61.8 Å². The number of aromatic nitrogens is 1. The third-order valence-corrected chi connectivity index (χ3v) is 13.1. The van der Waals surface area contributed by atoms with Crippen LogP contribution >= 0.6 is 0 Å². The number of amides is 4. The van der Waals surface area contributed by atoms with Crippen molar-refractivity contribution in [3.63, 3.8) is 0 Å². The Labute approximate surface area is 378 Å². The Balaban J connectivity index is 1.32. The molecule has 2 heterocycles. The van der Waals surface area contributed by atoms with Crippen molar-refractivity contribution in [2.75, 3.05) is 22.6 Å². The topological polar surface area (TPSA) is 174 Å². The van der Waals surface area contributed by atoms with Crippen LogP contribution in [0.3, 0.4) is 0 Å². The van der Waals surface area contributed by atoms with Gasteiger partial charge < -0.3 is 29.7 Å². The van der Waals surface area contributed by atoms with Gasteiger partial charge in [0.15, 0.2) is 15.7 Å². The third kappa shape index (κ3) is 10.9. The molecule has 65 heavy (non-hydrogen) atoms. The minimum Gasteiger partial charge on any atom is -0.489 e. The Morgan fingerprint density at radius 3 is 2.22 bits per heavy atom. The van der Waals surface area contributed by atoms with Gasteiger partial charge in [0.05, 0.1) is 16.3 Å². The number of hydrogen-bond acceptors (Lipinski definition) is 11. The molecule has 16 heteroatoms. The molecule has 2 N–H and O–H groups in total. The monoisotopic (exact) mass is 907 g/mol. The summed E-state index contributed by atoms with van der Waals surface area (Å²) >= 11 is 0. The number of ether oxygens (including phenoxy) is 3. The molecular formula is C49H54FN5O9S. The smallest absolute Gasteiger partial charge is 0.425 e. The molecule has 1 aliphatic heterocycles. The molecule has 0 saturated heterocycles. The lowest BCUT2D eigenvalue weighted by Crippen LogP contribution is -2.44. The normalized spacial score (nSPS) is 17.2. The first kappa shape index (κ1) is 46.4. The van der Waals surface area contributed by atoms with Gasteiger partial charge in [-0.25, -0.2) is 27.4 Å². The molecule has 7 rings (SSSR count). The van der Waals surface area contributed by atoms with Crippen LogP contribution in [-0.4, -0.2) is 65.8 Å². The second-order valence-corrected chi connectivity index (χ2v) is 20.7. The lowest BCUT2D eigenvalue weighted by atomic mass is 9.92. The highest BCUT2D eigenvalue weighted by Crippen LogP contribution is 2.39. The Morgan fingerprint density at radius 1 is 0.892 bits per heavy atom. The summed E-state index contributed by atoms with van der Waals surface area (Å²) in [6.07, 6.45) is -0.186. The number of benzene rings is 4. The highest BCUT2D eigenvalue weighted by atomic mass is 32.2. The lowest BCUT2D eigenvalue weighted by Gasteiger charge is -2.29.